The first kappa shape index (κ1) is 14.7. The number of aromatic nitrogens is 2. The first-order chi connectivity index (χ1) is 9.65. The van der Waals surface area contributed by atoms with Crippen molar-refractivity contribution in [3.8, 4) is 0 Å². The maximum atomic E-state index is 12.4. The zero-order valence-corrected chi connectivity index (χ0v) is 12.5. The van der Waals surface area contributed by atoms with E-state index in [2.05, 4.69) is 27.1 Å². The summed E-state index contributed by atoms with van der Waals surface area (Å²) in [6, 6.07) is 0.302. The number of rotatable bonds is 4. The second-order valence-electron chi connectivity index (χ2n) is 5.12. The van der Waals surface area contributed by atoms with Crippen LogP contribution in [0.4, 0.5) is 5.82 Å². The standard InChI is InChI=1S/C14H23N5O/c1-4-19-7-5-11(6-8-19)18(3)14(20)12-9-17-13(15-2)10-16-12/h9-11H,4-8H2,1-3H3,(H,15,17). The highest BCUT2D eigenvalue weighted by Gasteiger charge is 2.26. The number of nitrogens with one attached hydrogen (secondary N) is 1. The van der Waals surface area contributed by atoms with Gasteiger partial charge in [-0.05, 0) is 19.4 Å². The summed E-state index contributed by atoms with van der Waals surface area (Å²) in [7, 11) is 3.64. The Morgan fingerprint density at radius 3 is 2.60 bits per heavy atom. The highest BCUT2D eigenvalue weighted by Crippen LogP contribution is 2.16. The zero-order valence-electron chi connectivity index (χ0n) is 12.5. The van der Waals surface area contributed by atoms with Crippen molar-refractivity contribution in [1.29, 1.82) is 0 Å². The molecule has 2 heterocycles. The van der Waals surface area contributed by atoms with Crippen LogP contribution in [0.25, 0.3) is 0 Å². The van der Waals surface area contributed by atoms with Crippen LogP contribution in [-0.4, -0.2) is 65.4 Å². The molecular formula is C14H23N5O. The third-order valence-electron chi connectivity index (χ3n) is 4.00. The zero-order chi connectivity index (χ0) is 14.5. The van der Waals surface area contributed by atoms with Crippen LogP contribution in [0, 0.1) is 0 Å². The molecule has 1 aromatic rings. The van der Waals surface area contributed by atoms with Gasteiger partial charge in [0, 0.05) is 33.2 Å². The van der Waals surface area contributed by atoms with Gasteiger partial charge in [0.15, 0.2) is 0 Å². The molecule has 1 aromatic heterocycles. The molecule has 0 unspecified atom stereocenters. The fraction of sp³-hybridized carbons (Fsp3) is 0.643. The summed E-state index contributed by atoms with van der Waals surface area (Å²) in [5, 5.41) is 2.89. The van der Waals surface area contributed by atoms with Gasteiger partial charge in [0.05, 0.1) is 12.4 Å². The first-order valence-electron chi connectivity index (χ1n) is 7.15. The quantitative estimate of drug-likeness (QED) is 0.892. The maximum Gasteiger partial charge on any atom is 0.274 e. The molecule has 0 atom stereocenters. The molecule has 1 aliphatic rings. The molecule has 0 aliphatic carbocycles. The molecule has 20 heavy (non-hydrogen) atoms. The Labute approximate surface area is 120 Å². The van der Waals surface area contributed by atoms with Crippen molar-refractivity contribution in [2.75, 3.05) is 39.0 Å². The van der Waals surface area contributed by atoms with Crippen LogP contribution < -0.4 is 5.32 Å². The van der Waals surface area contributed by atoms with Gasteiger partial charge in [-0.15, -0.1) is 0 Å². The second kappa shape index (κ2) is 6.65. The van der Waals surface area contributed by atoms with Gasteiger partial charge in [0.1, 0.15) is 11.5 Å². The smallest absolute Gasteiger partial charge is 0.274 e. The lowest BCUT2D eigenvalue weighted by molar-refractivity contribution is 0.0640. The van der Waals surface area contributed by atoms with Crippen molar-refractivity contribution in [2.45, 2.75) is 25.8 Å². The number of piperidine rings is 1. The van der Waals surface area contributed by atoms with Crippen molar-refractivity contribution in [2.24, 2.45) is 0 Å². The number of amides is 1. The van der Waals surface area contributed by atoms with Crippen molar-refractivity contribution < 1.29 is 4.79 Å². The van der Waals surface area contributed by atoms with Gasteiger partial charge < -0.3 is 15.1 Å². The van der Waals surface area contributed by atoms with Gasteiger partial charge in [-0.2, -0.15) is 0 Å². The molecule has 1 amide bonds. The molecular weight excluding hydrogens is 254 g/mol. The Morgan fingerprint density at radius 2 is 2.10 bits per heavy atom. The number of likely N-dealkylation sites (tertiary alicyclic amines) is 1. The van der Waals surface area contributed by atoms with Crippen LogP contribution in [0.2, 0.25) is 0 Å². The molecule has 0 radical (unpaired) electrons. The fourth-order valence-corrected chi connectivity index (χ4v) is 2.54. The molecule has 6 heteroatoms. The number of hydrogen-bond acceptors (Lipinski definition) is 5. The Bertz CT molecular complexity index is 439. The minimum Gasteiger partial charge on any atom is -0.372 e. The monoisotopic (exact) mass is 277 g/mol. The van der Waals surface area contributed by atoms with Crippen molar-refractivity contribution in [3.63, 3.8) is 0 Å². The summed E-state index contributed by atoms with van der Waals surface area (Å²) in [6.07, 6.45) is 5.17. The van der Waals surface area contributed by atoms with Gasteiger partial charge >= 0.3 is 0 Å². The van der Waals surface area contributed by atoms with Gasteiger partial charge in [-0.3, -0.25) is 4.79 Å². The van der Waals surface area contributed by atoms with Gasteiger partial charge in [0.25, 0.3) is 5.91 Å². The summed E-state index contributed by atoms with van der Waals surface area (Å²) >= 11 is 0. The molecule has 1 aliphatic heterocycles. The first-order valence-corrected chi connectivity index (χ1v) is 7.15. The topological polar surface area (TPSA) is 61.4 Å². The Balaban J connectivity index is 1.97. The van der Waals surface area contributed by atoms with Gasteiger partial charge in [-0.1, -0.05) is 6.92 Å². The summed E-state index contributed by atoms with van der Waals surface area (Å²) in [6.45, 7) is 5.38. The van der Waals surface area contributed by atoms with Crippen LogP contribution in [0.1, 0.15) is 30.3 Å². The van der Waals surface area contributed by atoms with E-state index in [1.54, 1.807) is 13.2 Å². The van der Waals surface area contributed by atoms with E-state index in [0.717, 1.165) is 32.5 Å². The Hall–Kier alpha value is -1.69. The van der Waals surface area contributed by atoms with E-state index in [1.807, 2.05) is 11.9 Å². The normalized spacial score (nSPS) is 16.9. The highest BCUT2D eigenvalue weighted by atomic mass is 16.2. The van der Waals surface area contributed by atoms with E-state index in [1.165, 1.54) is 6.20 Å². The average molecular weight is 277 g/mol. The number of hydrogen-bond donors (Lipinski definition) is 1. The molecule has 2 rings (SSSR count). The lowest BCUT2D eigenvalue weighted by Gasteiger charge is -2.36. The molecule has 1 saturated heterocycles. The Kier molecular flexibility index (Phi) is 4.89. The van der Waals surface area contributed by atoms with E-state index in [9.17, 15) is 4.79 Å². The summed E-state index contributed by atoms with van der Waals surface area (Å²) < 4.78 is 0. The SMILES string of the molecule is CCN1CCC(N(C)C(=O)c2cnc(NC)cn2)CC1. The molecule has 0 saturated carbocycles. The Morgan fingerprint density at radius 1 is 1.40 bits per heavy atom. The summed E-state index contributed by atoms with van der Waals surface area (Å²) in [5.74, 6) is 0.621. The maximum absolute atomic E-state index is 12.4. The molecule has 0 spiro atoms. The van der Waals surface area contributed by atoms with Gasteiger partial charge in [0.2, 0.25) is 0 Å². The predicted octanol–water partition coefficient (Wildman–Crippen LogP) is 1.07. The lowest BCUT2D eigenvalue weighted by atomic mass is 10.0. The summed E-state index contributed by atoms with van der Waals surface area (Å²) in [5.41, 5.74) is 0.407. The van der Waals surface area contributed by atoms with Crippen LogP contribution in [0.5, 0.6) is 0 Å². The van der Waals surface area contributed by atoms with Crippen molar-refractivity contribution in [3.05, 3.63) is 18.1 Å². The predicted molar refractivity (Wildman–Crippen MR) is 78.8 cm³/mol. The van der Waals surface area contributed by atoms with E-state index in [-0.39, 0.29) is 5.91 Å². The molecule has 1 fully saturated rings. The number of carbonyl (C=O) groups is 1. The van der Waals surface area contributed by atoms with Crippen LogP contribution in [0.3, 0.4) is 0 Å². The van der Waals surface area contributed by atoms with Crippen LogP contribution in [0.15, 0.2) is 12.4 Å². The van der Waals surface area contributed by atoms with E-state index >= 15 is 0 Å². The number of nitrogens with zero attached hydrogens (tertiary/aromatic N) is 4. The summed E-state index contributed by atoms with van der Waals surface area (Å²) in [4.78, 5) is 24.9. The number of carbonyl (C=O) groups excluding carboxylic acids is 1. The molecule has 6 nitrogen and oxygen atoms in total. The molecule has 0 aromatic carbocycles. The van der Waals surface area contributed by atoms with Crippen LogP contribution in [-0.2, 0) is 0 Å². The van der Waals surface area contributed by atoms with E-state index in [4.69, 9.17) is 0 Å². The van der Waals surface area contributed by atoms with Crippen molar-refractivity contribution >= 4 is 11.7 Å². The average Bonchev–Trinajstić information content (AvgIpc) is 2.53. The van der Waals surface area contributed by atoms with E-state index in [0.29, 0.717) is 17.6 Å². The minimum absolute atomic E-state index is 0.0462. The molecule has 1 N–H and O–H groups in total. The highest BCUT2D eigenvalue weighted by molar-refractivity contribution is 5.92. The second-order valence-corrected chi connectivity index (χ2v) is 5.12. The third-order valence-corrected chi connectivity index (χ3v) is 4.00. The fourth-order valence-electron chi connectivity index (χ4n) is 2.54. The minimum atomic E-state index is -0.0462. The molecule has 0 bridgehead atoms. The van der Waals surface area contributed by atoms with Crippen LogP contribution >= 0.6 is 0 Å². The number of anilines is 1. The largest absolute Gasteiger partial charge is 0.372 e. The van der Waals surface area contributed by atoms with Gasteiger partial charge in [-0.25, -0.2) is 9.97 Å². The third kappa shape index (κ3) is 3.25. The van der Waals surface area contributed by atoms with E-state index < -0.39 is 0 Å². The lowest BCUT2D eigenvalue weighted by Crippen LogP contribution is -2.45. The molecule has 110 valence electrons. The van der Waals surface area contributed by atoms with Crippen molar-refractivity contribution in [1.82, 2.24) is 19.8 Å².